The second-order valence-electron chi connectivity index (χ2n) is 5.08. The SMILES string of the molecule is [CH3][Sn]([CH3])([CH3])[c]1ccc(N2CCCC2)s1. The summed E-state index contributed by atoms with van der Waals surface area (Å²) in [5.41, 5.74) is 0. The fourth-order valence-corrected chi connectivity index (χ4v) is 8.14. The van der Waals surface area contributed by atoms with Gasteiger partial charge in [0.2, 0.25) is 0 Å². The Morgan fingerprint density at radius 1 is 1.14 bits per heavy atom. The van der Waals surface area contributed by atoms with E-state index in [1.54, 1.807) is 2.89 Å². The van der Waals surface area contributed by atoms with E-state index < -0.39 is 18.4 Å². The van der Waals surface area contributed by atoms with E-state index in [1.807, 2.05) is 0 Å². The number of anilines is 1. The summed E-state index contributed by atoms with van der Waals surface area (Å²) in [6, 6.07) is 4.72. The molecule has 2 heterocycles. The Balaban J connectivity index is 2.17. The molecule has 1 saturated heterocycles. The van der Waals surface area contributed by atoms with Gasteiger partial charge in [-0.2, -0.15) is 0 Å². The van der Waals surface area contributed by atoms with Gasteiger partial charge in [-0.05, 0) is 0 Å². The zero-order valence-electron chi connectivity index (χ0n) is 9.34. The first-order valence-electron chi connectivity index (χ1n) is 5.42. The number of hydrogen-bond donors (Lipinski definition) is 0. The first kappa shape index (κ1) is 10.8. The molecule has 0 bridgehead atoms. The van der Waals surface area contributed by atoms with Crippen molar-refractivity contribution < 1.29 is 0 Å². The van der Waals surface area contributed by atoms with Crippen molar-refractivity contribution in [2.24, 2.45) is 0 Å². The van der Waals surface area contributed by atoms with Crippen molar-refractivity contribution in [3.05, 3.63) is 12.1 Å². The quantitative estimate of drug-likeness (QED) is 0.759. The summed E-state index contributed by atoms with van der Waals surface area (Å²) in [5.74, 6) is 0. The second kappa shape index (κ2) is 4.05. The number of nitrogens with zero attached hydrogens (tertiary/aromatic N) is 1. The molecule has 1 fully saturated rings. The Kier molecular flexibility index (Phi) is 3.12. The zero-order valence-corrected chi connectivity index (χ0v) is 13.0. The third-order valence-corrected chi connectivity index (χ3v) is 13.4. The number of thiophene rings is 1. The predicted molar refractivity (Wildman–Crippen MR) is 68.7 cm³/mol. The molecule has 0 amide bonds. The summed E-state index contributed by atoms with van der Waals surface area (Å²) in [5, 5.41) is 1.52. The van der Waals surface area contributed by atoms with Gasteiger partial charge in [-0.25, -0.2) is 0 Å². The topological polar surface area (TPSA) is 3.24 Å². The molecule has 0 atom stereocenters. The second-order valence-corrected chi connectivity index (χ2v) is 21.6. The molecule has 0 saturated carbocycles. The van der Waals surface area contributed by atoms with Crippen molar-refractivity contribution >= 4 is 37.6 Å². The van der Waals surface area contributed by atoms with E-state index in [9.17, 15) is 0 Å². The van der Waals surface area contributed by atoms with Crippen molar-refractivity contribution in [2.75, 3.05) is 18.0 Å². The van der Waals surface area contributed by atoms with Gasteiger partial charge in [0.1, 0.15) is 0 Å². The maximum atomic E-state index is 2.55. The molecule has 1 aromatic rings. The third kappa shape index (κ3) is 2.27. The van der Waals surface area contributed by atoms with Crippen LogP contribution in [0.2, 0.25) is 14.8 Å². The number of rotatable bonds is 2. The Bertz CT molecular complexity index is 307. The van der Waals surface area contributed by atoms with Crippen molar-refractivity contribution in [3.63, 3.8) is 0 Å². The van der Waals surface area contributed by atoms with Gasteiger partial charge in [0.15, 0.2) is 0 Å². The normalized spacial score (nSPS) is 17.8. The molecule has 2 rings (SSSR count). The van der Waals surface area contributed by atoms with Crippen LogP contribution in [0, 0.1) is 0 Å². The average molecular weight is 316 g/mol. The Morgan fingerprint density at radius 2 is 1.79 bits per heavy atom. The van der Waals surface area contributed by atoms with Gasteiger partial charge in [0.25, 0.3) is 0 Å². The minimum atomic E-state index is -1.78. The molecular formula is C11H19NSSn. The Morgan fingerprint density at radius 3 is 2.29 bits per heavy atom. The monoisotopic (exact) mass is 317 g/mol. The molecule has 14 heavy (non-hydrogen) atoms. The van der Waals surface area contributed by atoms with Gasteiger partial charge < -0.3 is 0 Å². The molecule has 0 aromatic carbocycles. The van der Waals surface area contributed by atoms with E-state index in [-0.39, 0.29) is 0 Å². The molecule has 0 spiro atoms. The van der Waals surface area contributed by atoms with E-state index in [4.69, 9.17) is 0 Å². The van der Waals surface area contributed by atoms with Crippen molar-refractivity contribution in [2.45, 2.75) is 27.7 Å². The van der Waals surface area contributed by atoms with E-state index >= 15 is 0 Å². The van der Waals surface area contributed by atoms with E-state index in [1.165, 1.54) is 30.9 Å². The van der Waals surface area contributed by atoms with Gasteiger partial charge in [-0.1, -0.05) is 0 Å². The molecule has 0 N–H and O–H groups in total. The van der Waals surface area contributed by atoms with Gasteiger partial charge in [0.05, 0.1) is 0 Å². The molecule has 1 nitrogen and oxygen atoms in total. The van der Waals surface area contributed by atoms with Crippen LogP contribution >= 0.6 is 11.3 Å². The fourth-order valence-electron chi connectivity index (χ4n) is 1.84. The van der Waals surface area contributed by atoms with Crippen molar-refractivity contribution in [1.82, 2.24) is 0 Å². The van der Waals surface area contributed by atoms with Crippen LogP contribution in [-0.4, -0.2) is 31.5 Å². The van der Waals surface area contributed by atoms with E-state index in [2.05, 4.69) is 43.2 Å². The molecule has 1 aliphatic heterocycles. The van der Waals surface area contributed by atoms with Crippen LogP contribution in [0.15, 0.2) is 12.1 Å². The summed E-state index contributed by atoms with van der Waals surface area (Å²) in [4.78, 5) is 10.0. The summed E-state index contributed by atoms with van der Waals surface area (Å²) < 4.78 is 1.71. The predicted octanol–water partition coefficient (Wildman–Crippen LogP) is 2.89. The van der Waals surface area contributed by atoms with Crippen LogP contribution in [-0.2, 0) is 0 Å². The summed E-state index contributed by atoms with van der Waals surface area (Å²) in [7, 11) is 0. The van der Waals surface area contributed by atoms with Crippen LogP contribution in [0.4, 0.5) is 5.00 Å². The average Bonchev–Trinajstić information content (AvgIpc) is 2.73. The first-order valence-corrected chi connectivity index (χ1v) is 16.2. The maximum absolute atomic E-state index is 2.55. The zero-order chi connectivity index (χ0) is 10.2. The molecule has 0 aliphatic carbocycles. The molecule has 1 aromatic heterocycles. The third-order valence-electron chi connectivity index (χ3n) is 2.75. The molecule has 1 aliphatic rings. The molecule has 0 radical (unpaired) electrons. The first-order chi connectivity index (χ1) is 6.57. The van der Waals surface area contributed by atoms with Crippen molar-refractivity contribution in [3.8, 4) is 0 Å². The van der Waals surface area contributed by atoms with Gasteiger partial charge in [-0.15, -0.1) is 0 Å². The van der Waals surface area contributed by atoms with Crippen molar-refractivity contribution in [1.29, 1.82) is 0 Å². The molecular weight excluding hydrogens is 297 g/mol. The van der Waals surface area contributed by atoms with E-state index in [0.29, 0.717) is 0 Å². The summed E-state index contributed by atoms with van der Waals surface area (Å²) in [6.07, 6.45) is 2.76. The van der Waals surface area contributed by atoms with E-state index in [0.717, 1.165) is 0 Å². The summed E-state index contributed by atoms with van der Waals surface area (Å²) >= 11 is 0.278. The number of hydrogen-bond acceptors (Lipinski definition) is 2. The summed E-state index contributed by atoms with van der Waals surface area (Å²) in [6.45, 7) is 2.55. The van der Waals surface area contributed by atoms with Crippen LogP contribution in [0.1, 0.15) is 12.8 Å². The van der Waals surface area contributed by atoms with Crippen LogP contribution in [0.5, 0.6) is 0 Å². The standard InChI is InChI=1S/C8H10NS.3CH3.Sn/c1-2-6-9(5-1)8-4-3-7-10-8;;;;/h3-4H,1-2,5-6H2;3*1H3;. The Labute approximate surface area is 95.0 Å². The van der Waals surface area contributed by atoms with Crippen LogP contribution in [0.25, 0.3) is 0 Å². The van der Waals surface area contributed by atoms with Gasteiger partial charge in [-0.3, -0.25) is 0 Å². The van der Waals surface area contributed by atoms with Crippen LogP contribution in [0.3, 0.4) is 0 Å². The fraction of sp³-hybridized carbons (Fsp3) is 0.636. The molecule has 3 heteroatoms. The Hall–Kier alpha value is 0.299. The minimum absolute atomic E-state index is 1.28. The van der Waals surface area contributed by atoms with Gasteiger partial charge >= 0.3 is 95.4 Å². The van der Waals surface area contributed by atoms with Crippen LogP contribution < -0.4 is 7.79 Å². The van der Waals surface area contributed by atoms with Gasteiger partial charge in [0, 0.05) is 0 Å². The molecule has 0 unspecified atom stereocenters. The molecule has 78 valence electrons.